The Labute approximate surface area is 174 Å². The van der Waals surface area contributed by atoms with E-state index in [2.05, 4.69) is 25.4 Å². The summed E-state index contributed by atoms with van der Waals surface area (Å²) in [6, 6.07) is 11.9. The van der Waals surface area contributed by atoms with Gasteiger partial charge in [-0.2, -0.15) is 0 Å². The van der Waals surface area contributed by atoms with Crippen molar-refractivity contribution in [3.8, 4) is 10.8 Å². The Morgan fingerprint density at radius 2 is 1.90 bits per heavy atom. The topological polar surface area (TPSA) is 120 Å². The molecular weight excluding hydrogens is 406 g/mol. The van der Waals surface area contributed by atoms with Gasteiger partial charge in [0.05, 0.1) is 0 Å². The van der Waals surface area contributed by atoms with E-state index >= 15 is 0 Å². The molecule has 0 saturated heterocycles. The van der Waals surface area contributed by atoms with Crippen molar-refractivity contribution in [2.24, 2.45) is 0 Å². The summed E-state index contributed by atoms with van der Waals surface area (Å²) in [7, 11) is 0. The fraction of sp³-hybridized carbons (Fsp3) is 0.100. The number of aromatic nitrogens is 4. The van der Waals surface area contributed by atoms with Crippen LogP contribution in [0.1, 0.15) is 27.9 Å². The number of ether oxygens (including phenoxy) is 1. The summed E-state index contributed by atoms with van der Waals surface area (Å²) in [4.78, 5) is 38.0. The van der Waals surface area contributed by atoms with Crippen molar-refractivity contribution in [2.45, 2.75) is 13.0 Å². The standard InChI is InChI=1S/C20H15N5O4S/c1-12-10-15(25-29-12)24-18(26)16(13-6-3-2-4-7-13)28-20(27)14-11-30-19(23-14)17-21-8-5-9-22-17/h2-11,16H,1H3,(H,24,25,26). The number of amides is 1. The summed E-state index contributed by atoms with van der Waals surface area (Å²) in [6.07, 6.45) is 1.97. The quantitative estimate of drug-likeness (QED) is 0.470. The molecule has 0 aliphatic rings. The number of anilines is 1. The van der Waals surface area contributed by atoms with Crippen LogP contribution in [0, 0.1) is 6.92 Å². The number of carbonyl (C=O) groups is 2. The lowest BCUT2D eigenvalue weighted by Gasteiger charge is -2.16. The highest BCUT2D eigenvalue weighted by Gasteiger charge is 2.27. The van der Waals surface area contributed by atoms with E-state index in [1.807, 2.05) is 0 Å². The van der Waals surface area contributed by atoms with E-state index < -0.39 is 18.0 Å². The molecule has 1 amide bonds. The van der Waals surface area contributed by atoms with E-state index in [0.29, 0.717) is 22.2 Å². The molecule has 3 heterocycles. The van der Waals surface area contributed by atoms with Gasteiger partial charge in [-0.05, 0) is 13.0 Å². The number of benzene rings is 1. The molecule has 3 aromatic heterocycles. The van der Waals surface area contributed by atoms with Crippen LogP contribution < -0.4 is 5.32 Å². The Bertz CT molecular complexity index is 1160. The molecule has 150 valence electrons. The molecule has 10 heteroatoms. The number of aryl methyl sites for hydroxylation is 1. The third-order valence-electron chi connectivity index (χ3n) is 3.91. The molecule has 0 fully saturated rings. The van der Waals surface area contributed by atoms with E-state index in [4.69, 9.17) is 9.26 Å². The Kier molecular flexibility index (Phi) is 5.57. The number of thiazole rings is 1. The molecule has 0 aliphatic heterocycles. The van der Waals surface area contributed by atoms with Crippen LogP contribution in [0.5, 0.6) is 0 Å². The normalized spacial score (nSPS) is 11.6. The summed E-state index contributed by atoms with van der Waals surface area (Å²) in [5.41, 5.74) is 0.568. The molecule has 0 radical (unpaired) electrons. The zero-order chi connectivity index (χ0) is 20.9. The van der Waals surface area contributed by atoms with Gasteiger partial charge in [0.1, 0.15) is 5.76 Å². The summed E-state index contributed by atoms with van der Waals surface area (Å²) >= 11 is 1.21. The van der Waals surface area contributed by atoms with Gasteiger partial charge in [-0.15, -0.1) is 11.3 Å². The predicted octanol–water partition coefficient (Wildman–Crippen LogP) is 3.43. The molecule has 1 unspecified atom stereocenters. The van der Waals surface area contributed by atoms with Crippen molar-refractivity contribution in [1.29, 1.82) is 0 Å². The van der Waals surface area contributed by atoms with E-state index in [1.165, 1.54) is 16.7 Å². The van der Waals surface area contributed by atoms with Crippen molar-refractivity contribution in [2.75, 3.05) is 5.32 Å². The Hall–Kier alpha value is -3.92. The molecular formula is C20H15N5O4S. The van der Waals surface area contributed by atoms with Gasteiger partial charge in [0, 0.05) is 29.4 Å². The van der Waals surface area contributed by atoms with Crippen molar-refractivity contribution >= 4 is 29.0 Å². The van der Waals surface area contributed by atoms with Crippen LogP contribution in [0.25, 0.3) is 10.8 Å². The van der Waals surface area contributed by atoms with Crippen LogP contribution in [0.2, 0.25) is 0 Å². The zero-order valence-corrected chi connectivity index (χ0v) is 16.5. The first-order valence-electron chi connectivity index (χ1n) is 8.83. The molecule has 30 heavy (non-hydrogen) atoms. The Balaban J connectivity index is 1.55. The third-order valence-corrected chi connectivity index (χ3v) is 4.75. The lowest BCUT2D eigenvalue weighted by Crippen LogP contribution is -2.26. The fourth-order valence-corrected chi connectivity index (χ4v) is 3.30. The van der Waals surface area contributed by atoms with E-state index in [0.717, 1.165) is 0 Å². The van der Waals surface area contributed by atoms with Gasteiger partial charge in [0.25, 0.3) is 5.91 Å². The van der Waals surface area contributed by atoms with Gasteiger partial charge >= 0.3 is 5.97 Å². The van der Waals surface area contributed by atoms with E-state index in [-0.39, 0.29) is 11.5 Å². The number of esters is 1. The number of hydrogen-bond donors (Lipinski definition) is 1. The average Bonchev–Trinajstić information content (AvgIpc) is 3.42. The number of nitrogens with zero attached hydrogens (tertiary/aromatic N) is 4. The first-order valence-corrected chi connectivity index (χ1v) is 9.71. The summed E-state index contributed by atoms with van der Waals surface area (Å²) in [5, 5.41) is 8.33. The minimum absolute atomic E-state index is 0.0634. The van der Waals surface area contributed by atoms with Crippen molar-refractivity contribution in [3.05, 3.63) is 77.3 Å². The third kappa shape index (κ3) is 4.39. The lowest BCUT2D eigenvalue weighted by molar-refractivity contribution is -0.125. The second-order valence-corrected chi connectivity index (χ2v) is 6.98. The average molecular weight is 421 g/mol. The van der Waals surface area contributed by atoms with Gasteiger partial charge in [0.2, 0.25) is 6.10 Å². The van der Waals surface area contributed by atoms with Gasteiger partial charge in [0.15, 0.2) is 22.3 Å². The van der Waals surface area contributed by atoms with Gasteiger partial charge in [-0.3, -0.25) is 4.79 Å². The monoisotopic (exact) mass is 421 g/mol. The Morgan fingerprint density at radius 3 is 2.60 bits per heavy atom. The molecule has 4 rings (SSSR count). The number of carbonyl (C=O) groups excluding carboxylic acids is 2. The van der Waals surface area contributed by atoms with E-state index in [9.17, 15) is 9.59 Å². The molecule has 0 bridgehead atoms. The van der Waals surface area contributed by atoms with Crippen LogP contribution in [0.4, 0.5) is 5.82 Å². The van der Waals surface area contributed by atoms with E-state index in [1.54, 1.807) is 61.8 Å². The number of rotatable bonds is 6. The smallest absolute Gasteiger partial charge is 0.358 e. The zero-order valence-electron chi connectivity index (χ0n) is 15.7. The minimum atomic E-state index is -1.20. The van der Waals surface area contributed by atoms with Crippen LogP contribution in [0.3, 0.4) is 0 Å². The van der Waals surface area contributed by atoms with Crippen LogP contribution in [-0.4, -0.2) is 32.0 Å². The van der Waals surface area contributed by atoms with Gasteiger partial charge < -0.3 is 14.6 Å². The SMILES string of the molecule is Cc1cc(NC(=O)C(OC(=O)c2csc(-c3ncccn3)n2)c2ccccc2)no1. The summed E-state index contributed by atoms with van der Waals surface area (Å²) < 4.78 is 10.5. The molecule has 0 aliphatic carbocycles. The molecule has 1 N–H and O–H groups in total. The second-order valence-electron chi connectivity index (χ2n) is 6.12. The van der Waals surface area contributed by atoms with Crippen molar-refractivity contribution in [1.82, 2.24) is 20.1 Å². The molecule has 0 saturated carbocycles. The molecule has 4 aromatic rings. The molecule has 1 aromatic carbocycles. The van der Waals surface area contributed by atoms with Crippen molar-refractivity contribution < 1.29 is 18.8 Å². The van der Waals surface area contributed by atoms with Gasteiger partial charge in [-0.25, -0.2) is 19.7 Å². The molecule has 0 spiro atoms. The van der Waals surface area contributed by atoms with Crippen LogP contribution in [0.15, 0.2) is 64.8 Å². The fourth-order valence-electron chi connectivity index (χ4n) is 2.56. The highest BCUT2D eigenvalue weighted by molar-refractivity contribution is 7.13. The highest BCUT2D eigenvalue weighted by atomic mass is 32.1. The second kappa shape index (κ2) is 8.62. The minimum Gasteiger partial charge on any atom is -0.443 e. The van der Waals surface area contributed by atoms with Crippen LogP contribution in [-0.2, 0) is 9.53 Å². The van der Waals surface area contributed by atoms with Crippen LogP contribution >= 0.6 is 11.3 Å². The maximum atomic E-state index is 12.8. The summed E-state index contributed by atoms with van der Waals surface area (Å²) in [5.74, 6) is -0.137. The predicted molar refractivity (Wildman–Crippen MR) is 108 cm³/mol. The number of nitrogens with one attached hydrogen (secondary N) is 1. The number of hydrogen-bond acceptors (Lipinski definition) is 9. The van der Waals surface area contributed by atoms with Gasteiger partial charge in [-0.1, -0.05) is 35.5 Å². The first kappa shape index (κ1) is 19.4. The summed E-state index contributed by atoms with van der Waals surface area (Å²) in [6.45, 7) is 1.70. The first-order chi connectivity index (χ1) is 14.6. The maximum Gasteiger partial charge on any atom is 0.358 e. The lowest BCUT2D eigenvalue weighted by atomic mass is 10.1. The largest absolute Gasteiger partial charge is 0.443 e. The van der Waals surface area contributed by atoms with Crippen molar-refractivity contribution in [3.63, 3.8) is 0 Å². The maximum absolute atomic E-state index is 12.8. The Morgan fingerprint density at radius 1 is 1.13 bits per heavy atom. The highest BCUT2D eigenvalue weighted by Crippen LogP contribution is 2.24. The molecule has 1 atom stereocenters. The molecule has 9 nitrogen and oxygen atoms in total.